The molecule has 0 aliphatic carbocycles. The largest absolute Gasteiger partial charge is 0.352 e. The maximum Gasteiger partial charge on any atom is 0.253 e. The van der Waals surface area contributed by atoms with E-state index in [1.807, 2.05) is 41.8 Å². The van der Waals surface area contributed by atoms with Gasteiger partial charge in [-0.3, -0.25) is 14.2 Å². The van der Waals surface area contributed by atoms with Gasteiger partial charge in [-0.1, -0.05) is 42.1 Å². The Morgan fingerprint density at radius 1 is 0.941 bits per heavy atom. The molecule has 2 N–H and O–H groups in total. The summed E-state index contributed by atoms with van der Waals surface area (Å²) in [6, 6.07) is 22.4. The summed E-state index contributed by atoms with van der Waals surface area (Å²) >= 11 is 1.22. The summed E-state index contributed by atoms with van der Waals surface area (Å²) in [6.07, 6.45) is 0. The summed E-state index contributed by atoms with van der Waals surface area (Å²) in [5.41, 5.74) is 2.35. The first-order valence-electron chi connectivity index (χ1n) is 10.6. The molecule has 1 heterocycles. The molecule has 3 aromatic carbocycles. The molecule has 172 valence electrons. The zero-order valence-electron chi connectivity index (χ0n) is 18.4. The van der Waals surface area contributed by atoms with Gasteiger partial charge in [0.15, 0.2) is 11.0 Å². The lowest BCUT2D eigenvalue weighted by atomic mass is 10.1. The van der Waals surface area contributed by atoms with Crippen LogP contribution in [0.25, 0.3) is 17.1 Å². The van der Waals surface area contributed by atoms with Crippen molar-refractivity contribution in [3.63, 3.8) is 0 Å². The van der Waals surface area contributed by atoms with Crippen LogP contribution in [0.15, 0.2) is 84.0 Å². The van der Waals surface area contributed by atoms with Gasteiger partial charge in [0.05, 0.1) is 17.0 Å². The van der Waals surface area contributed by atoms with Crippen LogP contribution in [0.4, 0.5) is 10.1 Å². The van der Waals surface area contributed by atoms with Crippen LogP contribution < -0.4 is 10.6 Å². The lowest BCUT2D eigenvalue weighted by Crippen LogP contribution is -2.25. The zero-order valence-corrected chi connectivity index (χ0v) is 19.2. The number of amides is 2. The van der Waals surface area contributed by atoms with E-state index >= 15 is 0 Å². The van der Waals surface area contributed by atoms with E-state index in [0.29, 0.717) is 34.3 Å². The fraction of sp³-hybridized carbons (Fsp3) is 0.120. The predicted molar refractivity (Wildman–Crippen MR) is 131 cm³/mol. The van der Waals surface area contributed by atoms with Gasteiger partial charge in [0.2, 0.25) is 5.91 Å². The van der Waals surface area contributed by atoms with Crippen LogP contribution >= 0.6 is 11.8 Å². The Morgan fingerprint density at radius 3 is 2.38 bits per heavy atom. The minimum atomic E-state index is -0.339. The molecule has 0 saturated heterocycles. The van der Waals surface area contributed by atoms with E-state index in [1.54, 1.807) is 36.4 Å². The predicted octanol–water partition coefficient (Wildman–Crippen LogP) is 4.55. The number of aromatic nitrogens is 3. The van der Waals surface area contributed by atoms with Crippen LogP contribution in [-0.2, 0) is 4.79 Å². The zero-order chi connectivity index (χ0) is 23.9. The van der Waals surface area contributed by atoms with Crippen molar-refractivity contribution in [2.75, 3.05) is 17.6 Å². The van der Waals surface area contributed by atoms with Gasteiger partial charge >= 0.3 is 0 Å². The molecule has 1 aromatic heterocycles. The molecule has 0 radical (unpaired) electrons. The number of hydrogen-bond donors (Lipinski definition) is 2. The van der Waals surface area contributed by atoms with Gasteiger partial charge < -0.3 is 10.6 Å². The standard InChI is InChI=1S/C25H22FN5O2S/c1-2-27-24(33)20-10-6-7-11-21(20)28-22(32)16-34-25-30-29-23(17-12-14-18(26)15-13-17)31(25)19-8-4-3-5-9-19/h3-15H,2,16H2,1H3,(H,27,33)(H,28,32). The number of carbonyl (C=O) groups excluding carboxylic acids is 2. The van der Waals surface area contributed by atoms with E-state index in [2.05, 4.69) is 20.8 Å². The minimum absolute atomic E-state index is 0.0537. The number of nitrogens with zero attached hydrogens (tertiary/aromatic N) is 3. The van der Waals surface area contributed by atoms with E-state index in [0.717, 1.165) is 5.69 Å². The Kier molecular flexibility index (Phi) is 7.34. The number of thioether (sulfide) groups is 1. The van der Waals surface area contributed by atoms with Gasteiger partial charge in [-0.15, -0.1) is 10.2 Å². The van der Waals surface area contributed by atoms with Crippen molar-refractivity contribution in [1.29, 1.82) is 0 Å². The second-order valence-corrected chi connectivity index (χ2v) is 8.17. The first-order valence-corrected chi connectivity index (χ1v) is 11.6. The highest BCUT2D eigenvalue weighted by Gasteiger charge is 2.18. The Bertz CT molecular complexity index is 1290. The number of nitrogens with one attached hydrogen (secondary N) is 2. The Balaban J connectivity index is 1.55. The van der Waals surface area contributed by atoms with Crippen molar-refractivity contribution in [3.8, 4) is 17.1 Å². The smallest absolute Gasteiger partial charge is 0.253 e. The molecule has 9 heteroatoms. The molecular formula is C25H22FN5O2S. The number of benzene rings is 3. The van der Waals surface area contributed by atoms with E-state index in [1.165, 1.54) is 23.9 Å². The second kappa shape index (κ2) is 10.8. The molecule has 0 fully saturated rings. The fourth-order valence-electron chi connectivity index (χ4n) is 3.32. The second-order valence-electron chi connectivity index (χ2n) is 7.23. The summed E-state index contributed by atoms with van der Waals surface area (Å²) in [5, 5.41) is 14.6. The maximum absolute atomic E-state index is 13.4. The number of carbonyl (C=O) groups is 2. The monoisotopic (exact) mass is 475 g/mol. The summed E-state index contributed by atoms with van der Waals surface area (Å²) in [5.74, 6) is -0.283. The Morgan fingerprint density at radius 2 is 1.65 bits per heavy atom. The molecule has 4 rings (SSSR count). The van der Waals surface area contributed by atoms with Gasteiger partial charge in [0.1, 0.15) is 5.82 Å². The van der Waals surface area contributed by atoms with Crippen LogP contribution in [-0.4, -0.2) is 38.9 Å². The third-order valence-electron chi connectivity index (χ3n) is 4.87. The van der Waals surface area contributed by atoms with Crippen LogP contribution in [0.2, 0.25) is 0 Å². The first-order chi connectivity index (χ1) is 16.6. The van der Waals surface area contributed by atoms with E-state index in [9.17, 15) is 14.0 Å². The van der Waals surface area contributed by atoms with Gasteiger partial charge in [-0.05, 0) is 55.5 Å². The third-order valence-corrected chi connectivity index (χ3v) is 5.79. The molecule has 0 spiro atoms. The van der Waals surface area contributed by atoms with Crippen LogP contribution in [0.5, 0.6) is 0 Å². The van der Waals surface area contributed by atoms with Crippen molar-refractivity contribution < 1.29 is 14.0 Å². The van der Waals surface area contributed by atoms with E-state index in [-0.39, 0.29) is 23.4 Å². The van der Waals surface area contributed by atoms with E-state index < -0.39 is 0 Å². The molecule has 7 nitrogen and oxygen atoms in total. The SMILES string of the molecule is CCNC(=O)c1ccccc1NC(=O)CSc1nnc(-c2ccc(F)cc2)n1-c1ccccc1. The number of anilines is 1. The van der Waals surface area contributed by atoms with Gasteiger partial charge in [-0.2, -0.15) is 0 Å². The number of rotatable bonds is 8. The average molecular weight is 476 g/mol. The third kappa shape index (κ3) is 5.32. The van der Waals surface area contributed by atoms with Crippen LogP contribution in [0.3, 0.4) is 0 Å². The molecule has 34 heavy (non-hydrogen) atoms. The van der Waals surface area contributed by atoms with Crippen molar-refractivity contribution in [1.82, 2.24) is 20.1 Å². The number of para-hydroxylation sites is 2. The van der Waals surface area contributed by atoms with E-state index in [4.69, 9.17) is 0 Å². The highest BCUT2D eigenvalue weighted by atomic mass is 32.2. The molecule has 0 aliphatic heterocycles. The van der Waals surface area contributed by atoms with Crippen molar-refractivity contribution in [2.45, 2.75) is 12.1 Å². The van der Waals surface area contributed by atoms with Crippen LogP contribution in [0.1, 0.15) is 17.3 Å². The lowest BCUT2D eigenvalue weighted by Gasteiger charge is -2.12. The topological polar surface area (TPSA) is 88.9 Å². The average Bonchev–Trinajstić information content (AvgIpc) is 3.28. The Hall–Kier alpha value is -3.98. The highest BCUT2D eigenvalue weighted by Crippen LogP contribution is 2.28. The molecule has 4 aromatic rings. The summed E-state index contributed by atoms with van der Waals surface area (Å²) in [6.45, 7) is 2.32. The van der Waals surface area contributed by atoms with Gasteiger partial charge in [0.25, 0.3) is 5.91 Å². The molecule has 0 bridgehead atoms. The molecule has 0 aliphatic rings. The molecule has 0 atom stereocenters. The van der Waals surface area contributed by atoms with Crippen molar-refractivity contribution in [2.24, 2.45) is 0 Å². The summed E-state index contributed by atoms with van der Waals surface area (Å²) in [7, 11) is 0. The molecule has 2 amide bonds. The van der Waals surface area contributed by atoms with Gasteiger partial charge in [-0.25, -0.2) is 4.39 Å². The number of halogens is 1. The summed E-state index contributed by atoms with van der Waals surface area (Å²) in [4.78, 5) is 25.0. The molecule has 0 saturated carbocycles. The van der Waals surface area contributed by atoms with Crippen molar-refractivity contribution in [3.05, 3.63) is 90.2 Å². The van der Waals surface area contributed by atoms with Crippen molar-refractivity contribution >= 4 is 29.3 Å². The number of hydrogen-bond acceptors (Lipinski definition) is 5. The fourth-order valence-corrected chi connectivity index (χ4v) is 4.07. The summed E-state index contributed by atoms with van der Waals surface area (Å²) < 4.78 is 15.3. The van der Waals surface area contributed by atoms with Crippen LogP contribution in [0, 0.1) is 5.82 Å². The van der Waals surface area contributed by atoms with Gasteiger partial charge in [0, 0.05) is 17.8 Å². The quantitative estimate of drug-likeness (QED) is 0.365. The normalized spacial score (nSPS) is 10.6. The molecule has 0 unspecified atom stereocenters. The highest BCUT2D eigenvalue weighted by molar-refractivity contribution is 7.99. The maximum atomic E-state index is 13.4. The molecular weight excluding hydrogens is 453 g/mol. The minimum Gasteiger partial charge on any atom is -0.352 e. The first kappa shape index (κ1) is 23.2. The lowest BCUT2D eigenvalue weighted by molar-refractivity contribution is -0.113. The Labute approximate surface area is 200 Å².